The third-order valence-corrected chi connectivity index (χ3v) is 3.70. The van der Waals surface area contributed by atoms with Crippen molar-refractivity contribution in [3.05, 3.63) is 65.2 Å². The fourth-order valence-electron chi connectivity index (χ4n) is 2.11. The molecule has 0 aliphatic rings. The van der Waals surface area contributed by atoms with Gasteiger partial charge in [-0.25, -0.2) is 8.42 Å². The second-order valence-corrected chi connectivity index (χ2v) is 6.54. The molecule has 0 radical (unpaired) electrons. The summed E-state index contributed by atoms with van der Waals surface area (Å²) in [6.45, 7) is 2.01. The monoisotopic (exact) mass is 303 g/mol. The third kappa shape index (κ3) is 3.92. The molecule has 21 heavy (non-hydrogen) atoms. The summed E-state index contributed by atoms with van der Waals surface area (Å²) in [5, 5.41) is 0. The van der Waals surface area contributed by atoms with E-state index in [1.807, 2.05) is 31.2 Å². The molecule has 0 saturated heterocycles. The van der Waals surface area contributed by atoms with Crippen LogP contribution in [0.15, 0.2) is 48.5 Å². The summed E-state index contributed by atoms with van der Waals surface area (Å²) in [7, 11) is -3.31. The van der Waals surface area contributed by atoms with Crippen LogP contribution in [0.2, 0.25) is 0 Å². The minimum atomic E-state index is -3.31. The quantitative estimate of drug-likeness (QED) is 0.864. The van der Waals surface area contributed by atoms with Crippen molar-refractivity contribution in [1.82, 2.24) is 0 Å². The number of carbonyl (C=O) groups excluding carboxylic acids is 1. The van der Waals surface area contributed by atoms with E-state index in [0.717, 1.165) is 18.2 Å². The zero-order valence-corrected chi connectivity index (χ0v) is 12.8. The number of ketones is 1. The SMILES string of the molecule is CCc1ccccc1C(=O)c1ccc(NS(C)(=O)=O)cc1. The summed E-state index contributed by atoms with van der Waals surface area (Å²) in [6, 6.07) is 13.9. The van der Waals surface area contributed by atoms with Crippen molar-refractivity contribution in [1.29, 1.82) is 0 Å². The number of sulfonamides is 1. The Morgan fingerprint density at radius 2 is 1.67 bits per heavy atom. The number of anilines is 1. The van der Waals surface area contributed by atoms with Crippen molar-refractivity contribution in [2.24, 2.45) is 0 Å². The molecule has 2 rings (SSSR count). The molecule has 0 amide bonds. The number of rotatable bonds is 5. The van der Waals surface area contributed by atoms with Crippen molar-refractivity contribution in [2.75, 3.05) is 11.0 Å². The molecular formula is C16H17NO3S. The van der Waals surface area contributed by atoms with Gasteiger partial charge in [0.05, 0.1) is 6.26 Å². The average Bonchev–Trinajstić information content (AvgIpc) is 2.45. The van der Waals surface area contributed by atoms with E-state index in [2.05, 4.69) is 4.72 Å². The topological polar surface area (TPSA) is 63.2 Å². The summed E-state index contributed by atoms with van der Waals surface area (Å²) in [4.78, 5) is 12.5. The Bertz CT molecular complexity index is 749. The highest BCUT2D eigenvalue weighted by Gasteiger charge is 2.12. The van der Waals surface area contributed by atoms with E-state index in [9.17, 15) is 13.2 Å². The van der Waals surface area contributed by atoms with E-state index in [1.54, 1.807) is 24.3 Å². The number of carbonyl (C=O) groups is 1. The van der Waals surface area contributed by atoms with Gasteiger partial charge in [0, 0.05) is 16.8 Å². The molecular weight excluding hydrogens is 286 g/mol. The Labute approximate surface area is 124 Å². The fraction of sp³-hybridized carbons (Fsp3) is 0.188. The smallest absolute Gasteiger partial charge is 0.229 e. The molecule has 2 aromatic carbocycles. The predicted molar refractivity (Wildman–Crippen MR) is 84.2 cm³/mol. The van der Waals surface area contributed by atoms with Gasteiger partial charge in [-0.1, -0.05) is 31.2 Å². The first-order valence-corrected chi connectivity index (χ1v) is 8.50. The van der Waals surface area contributed by atoms with Crippen LogP contribution < -0.4 is 4.72 Å². The Balaban J connectivity index is 2.28. The lowest BCUT2D eigenvalue weighted by Crippen LogP contribution is -2.10. The normalized spacial score (nSPS) is 11.1. The summed E-state index contributed by atoms with van der Waals surface area (Å²) in [5.41, 5.74) is 2.66. The first-order valence-electron chi connectivity index (χ1n) is 6.61. The number of aryl methyl sites for hydroxylation is 1. The lowest BCUT2D eigenvalue weighted by Gasteiger charge is -2.08. The fourth-order valence-corrected chi connectivity index (χ4v) is 2.67. The largest absolute Gasteiger partial charge is 0.289 e. The van der Waals surface area contributed by atoms with Crippen molar-refractivity contribution in [3.8, 4) is 0 Å². The van der Waals surface area contributed by atoms with E-state index in [4.69, 9.17) is 0 Å². The summed E-state index contributed by atoms with van der Waals surface area (Å²) in [6.07, 6.45) is 1.87. The van der Waals surface area contributed by atoms with Gasteiger partial charge < -0.3 is 0 Å². The van der Waals surface area contributed by atoms with Crippen LogP contribution in [0.25, 0.3) is 0 Å². The van der Waals surface area contributed by atoms with E-state index in [1.165, 1.54) is 0 Å². The molecule has 0 aromatic heterocycles. The minimum Gasteiger partial charge on any atom is -0.289 e. The van der Waals surface area contributed by atoms with Gasteiger partial charge >= 0.3 is 0 Å². The minimum absolute atomic E-state index is 0.0571. The second-order valence-electron chi connectivity index (χ2n) is 4.79. The molecule has 0 unspecified atom stereocenters. The van der Waals surface area contributed by atoms with Crippen molar-refractivity contribution >= 4 is 21.5 Å². The second kappa shape index (κ2) is 6.10. The van der Waals surface area contributed by atoms with Gasteiger partial charge in [-0.2, -0.15) is 0 Å². The van der Waals surface area contributed by atoms with Gasteiger partial charge in [0.2, 0.25) is 10.0 Å². The van der Waals surface area contributed by atoms with Crippen LogP contribution in [-0.2, 0) is 16.4 Å². The molecule has 110 valence electrons. The highest BCUT2D eigenvalue weighted by molar-refractivity contribution is 7.92. The molecule has 0 saturated carbocycles. The Morgan fingerprint density at radius 1 is 1.05 bits per heavy atom. The number of hydrogen-bond acceptors (Lipinski definition) is 3. The van der Waals surface area contributed by atoms with Gasteiger partial charge in [-0.05, 0) is 36.2 Å². The molecule has 0 aliphatic heterocycles. The van der Waals surface area contributed by atoms with Crippen LogP contribution in [0.5, 0.6) is 0 Å². The van der Waals surface area contributed by atoms with Crippen LogP contribution in [0, 0.1) is 0 Å². The van der Waals surface area contributed by atoms with Crippen LogP contribution in [0.4, 0.5) is 5.69 Å². The third-order valence-electron chi connectivity index (χ3n) is 3.09. The molecule has 0 spiro atoms. The predicted octanol–water partition coefficient (Wildman–Crippen LogP) is 2.85. The Morgan fingerprint density at radius 3 is 2.24 bits per heavy atom. The maximum Gasteiger partial charge on any atom is 0.229 e. The molecule has 0 heterocycles. The highest BCUT2D eigenvalue weighted by Crippen LogP contribution is 2.17. The van der Waals surface area contributed by atoms with Crippen molar-refractivity contribution in [2.45, 2.75) is 13.3 Å². The number of hydrogen-bond donors (Lipinski definition) is 1. The van der Waals surface area contributed by atoms with Gasteiger partial charge in [0.25, 0.3) is 0 Å². The molecule has 2 aromatic rings. The molecule has 5 heteroatoms. The maximum absolute atomic E-state index is 12.5. The Hall–Kier alpha value is -2.14. The lowest BCUT2D eigenvalue weighted by molar-refractivity contribution is 0.103. The van der Waals surface area contributed by atoms with Crippen molar-refractivity contribution < 1.29 is 13.2 Å². The number of benzene rings is 2. The highest BCUT2D eigenvalue weighted by atomic mass is 32.2. The molecule has 0 atom stereocenters. The zero-order valence-electron chi connectivity index (χ0n) is 12.0. The van der Waals surface area contributed by atoms with E-state index >= 15 is 0 Å². The summed E-state index contributed by atoms with van der Waals surface area (Å²) < 4.78 is 24.7. The van der Waals surface area contributed by atoms with Crippen LogP contribution in [0.1, 0.15) is 28.4 Å². The van der Waals surface area contributed by atoms with Gasteiger partial charge in [-0.15, -0.1) is 0 Å². The Kier molecular flexibility index (Phi) is 4.43. The van der Waals surface area contributed by atoms with Crippen molar-refractivity contribution in [3.63, 3.8) is 0 Å². The standard InChI is InChI=1S/C16H17NO3S/c1-3-12-6-4-5-7-15(12)16(18)13-8-10-14(11-9-13)17-21(2,19)20/h4-11,17H,3H2,1-2H3. The van der Waals surface area contributed by atoms with Gasteiger partial charge in [0.1, 0.15) is 0 Å². The summed E-state index contributed by atoms with van der Waals surface area (Å²) in [5.74, 6) is -0.0571. The molecule has 1 N–H and O–H groups in total. The van der Waals surface area contributed by atoms with E-state index in [0.29, 0.717) is 16.8 Å². The molecule has 0 aliphatic carbocycles. The van der Waals surface area contributed by atoms with E-state index < -0.39 is 10.0 Å². The van der Waals surface area contributed by atoms with Crippen LogP contribution >= 0.6 is 0 Å². The molecule has 0 bridgehead atoms. The first kappa shape index (κ1) is 15.3. The van der Waals surface area contributed by atoms with Gasteiger partial charge in [-0.3, -0.25) is 9.52 Å². The number of nitrogens with one attached hydrogen (secondary N) is 1. The lowest BCUT2D eigenvalue weighted by atomic mass is 9.97. The maximum atomic E-state index is 12.5. The average molecular weight is 303 g/mol. The van der Waals surface area contributed by atoms with Crippen LogP contribution in [0.3, 0.4) is 0 Å². The van der Waals surface area contributed by atoms with Gasteiger partial charge in [0.15, 0.2) is 5.78 Å². The zero-order chi connectivity index (χ0) is 15.5. The van der Waals surface area contributed by atoms with Crippen LogP contribution in [-0.4, -0.2) is 20.5 Å². The van der Waals surface area contributed by atoms with E-state index in [-0.39, 0.29) is 5.78 Å². The first-order chi connectivity index (χ1) is 9.90. The molecule has 0 fully saturated rings. The molecule has 4 nitrogen and oxygen atoms in total. The summed E-state index contributed by atoms with van der Waals surface area (Å²) >= 11 is 0.